The van der Waals surface area contributed by atoms with Crippen molar-refractivity contribution < 1.29 is 9.53 Å². The first-order valence-electron chi connectivity index (χ1n) is 11.2. The van der Waals surface area contributed by atoms with E-state index in [1.807, 2.05) is 66.2 Å². The van der Waals surface area contributed by atoms with Gasteiger partial charge >= 0.3 is 0 Å². The minimum Gasteiger partial charge on any atom is -0.497 e. The molecule has 0 atom stereocenters. The van der Waals surface area contributed by atoms with E-state index in [1.54, 1.807) is 42.4 Å². The minimum atomic E-state index is -0.320. The highest BCUT2D eigenvalue weighted by Crippen LogP contribution is 2.30. The normalized spacial score (nSPS) is 11.0. The number of methoxy groups -OCH3 is 1. The molecule has 174 valence electrons. The second kappa shape index (κ2) is 8.95. The fourth-order valence-electron chi connectivity index (χ4n) is 4.40. The van der Waals surface area contributed by atoms with Gasteiger partial charge in [-0.2, -0.15) is 9.78 Å². The van der Waals surface area contributed by atoms with Crippen molar-refractivity contribution in [2.75, 3.05) is 18.6 Å². The van der Waals surface area contributed by atoms with E-state index >= 15 is 0 Å². The van der Waals surface area contributed by atoms with E-state index in [1.165, 1.54) is 4.68 Å². The van der Waals surface area contributed by atoms with Crippen LogP contribution >= 0.6 is 0 Å². The summed E-state index contributed by atoms with van der Waals surface area (Å²) in [5, 5.41) is 5.98. The lowest BCUT2D eigenvalue weighted by molar-refractivity contribution is 0.0985. The molecule has 0 unspecified atom stereocenters. The molecule has 0 saturated carbocycles. The highest BCUT2D eigenvalue weighted by Gasteiger charge is 2.27. The number of aromatic nitrogens is 3. The molecule has 2 heterocycles. The van der Waals surface area contributed by atoms with Gasteiger partial charge in [-0.3, -0.25) is 9.59 Å². The first-order valence-corrected chi connectivity index (χ1v) is 11.2. The Balaban J connectivity index is 1.84. The average molecular weight is 465 g/mol. The molecule has 0 aliphatic rings. The number of hydrogen-bond acceptors (Lipinski definition) is 4. The van der Waals surface area contributed by atoms with Crippen molar-refractivity contribution in [3.63, 3.8) is 0 Å². The van der Waals surface area contributed by atoms with Crippen LogP contribution in [0.3, 0.4) is 0 Å². The van der Waals surface area contributed by atoms with Gasteiger partial charge in [0.15, 0.2) is 5.69 Å². The molecule has 0 aliphatic carbocycles. The third-order valence-corrected chi connectivity index (χ3v) is 6.08. The van der Waals surface area contributed by atoms with Crippen LogP contribution in [0, 0.1) is 0 Å². The Labute approximate surface area is 202 Å². The van der Waals surface area contributed by atoms with Gasteiger partial charge in [0.2, 0.25) is 0 Å². The summed E-state index contributed by atoms with van der Waals surface area (Å²) in [6.07, 6.45) is 1.67. The Bertz CT molecular complexity index is 1620. The lowest BCUT2D eigenvalue weighted by Gasteiger charge is -2.21. The Hall–Kier alpha value is -4.65. The predicted octanol–water partition coefficient (Wildman–Crippen LogP) is 4.72. The molecule has 7 nitrogen and oxygen atoms in total. The van der Waals surface area contributed by atoms with E-state index in [2.05, 4.69) is 11.7 Å². The fraction of sp³-hybridized carbons (Fsp3) is 0.107. The van der Waals surface area contributed by atoms with Crippen LogP contribution in [0.15, 0.2) is 96.3 Å². The van der Waals surface area contributed by atoms with Crippen molar-refractivity contribution >= 4 is 33.4 Å². The topological polar surface area (TPSA) is 69.4 Å². The smallest absolute Gasteiger partial charge is 0.296 e. The van der Waals surface area contributed by atoms with E-state index in [0.29, 0.717) is 28.9 Å². The van der Waals surface area contributed by atoms with Crippen LogP contribution in [0.5, 0.6) is 5.75 Å². The molecule has 35 heavy (non-hydrogen) atoms. The van der Waals surface area contributed by atoms with Crippen molar-refractivity contribution in [1.82, 2.24) is 14.3 Å². The summed E-state index contributed by atoms with van der Waals surface area (Å²) in [5.41, 5.74) is 2.39. The zero-order valence-corrected chi connectivity index (χ0v) is 19.5. The Morgan fingerprint density at radius 1 is 1.03 bits per heavy atom. The summed E-state index contributed by atoms with van der Waals surface area (Å²) in [4.78, 5) is 29.4. The van der Waals surface area contributed by atoms with Gasteiger partial charge < -0.3 is 14.2 Å². The zero-order valence-electron chi connectivity index (χ0n) is 19.5. The van der Waals surface area contributed by atoms with Crippen LogP contribution in [0.25, 0.3) is 27.5 Å². The van der Waals surface area contributed by atoms with Gasteiger partial charge in [-0.1, -0.05) is 42.5 Å². The minimum absolute atomic E-state index is 0.193. The maximum Gasteiger partial charge on any atom is 0.296 e. The first-order chi connectivity index (χ1) is 17.0. The number of amides is 1. The Morgan fingerprint density at radius 3 is 2.40 bits per heavy atom. The van der Waals surface area contributed by atoms with Crippen molar-refractivity contribution in [3.8, 4) is 11.4 Å². The average Bonchev–Trinajstić information content (AvgIpc) is 3.21. The molecular weight excluding hydrogens is 440 g/mol. The van der Waals surface area contributed by atoms with Crippen LogP contribution in [0.2, 0.25) is 0 Å². The Morgan fingerprint density at radius 2 is 1.71 bits per heavy atom. The summed E-state index contributed by atoms with van der Waals surface area (Å²) >= 11 is 0. The fourth-order valence-corrected chi connectivity index (χ4v) is 4.40. The van der Waals surface area contributed by atoms with Gasteiger partial charge in [0, 0.05) is 35.6 Å². The van der Waals surface area contributed by atoms with Gasteiger partial charge in [-0.05, 0) is 42.5 Å². The van der Waals surface area contributed by atoms with E-state index in [0.717, 1.165) is 16.6 Å². The number of hydrogen-bond donors (Lipinski definition) is 0. The van der Waals surface area contributed by atoms with Gasteiger partial charge in [-0.25, -0.2) is 0 Å². The monoisotopic (exact) mass is 464 g/mol. The largest absolute Gasteiger partial charge is 0.497 e. The number of carbonyl (C=O) groups excluding carboxylic acids is 1. The van der Waals surface area contributed by atoms with Gasteiger partial charge in [0.25, 0.3) is 11.5 Å². The summed E-state index contributed by atoms with van der Waals surface area (Å²) in [6.45, 7) is 4.12. The molecule has 2 aromatic heterocycles. The Kier molecular flexibility index (Phi) is 5.66. The number of carbonyl (C=O) groups is 1. The standard InChI is InChI=1S/C28H24N4O3/c1-4-18-31(19-10-6-5-7-11-19)27(33)25-24-22-12-8-9-13-23(22)30(2)26(24)28(34)32(29-25)20-14-16-21(35-3)17-15-20/h4-17H,1,18H2,2-3H3. The number of anilines is 1. The van der Waals surface area contributed by atoms with E-state index in [4.69, 9.17) is 4.74 Å². The molecule has 5 rings (SSSR count). The number of rotatable bonds is 6. The number of para-hydroxylation sites is 2. The molecular formula is C28H24N4O3. The van der Waals surface area contributed by atoms with Crippen LogP contribution in [0.1, 0.15) is 10.5 Å². The summed E-state index contributed by atoms with van der Waals surface area (Å²) in [5.74, 6) is 0.338. The number of benzene rings is 3. The molecule has 3 aromatic carbocycles. The summed E-state index contributed by atoms with van der Waals surface area (Å²) < 4.78 is 8.36. The third-order valence-electron chi connectivity index (χ3n) is 6.08. The molecule has 0 saturated heterocycles. The molecule has 1 amide bonds. The van der Waals surface area contributed by atoms with Crippen molar-refractivity contribution in [2.24, 2.45) is 7.05 Å². The first kappa shape index (κ1) is 22.2. The summed E-state index contributed by atoms with van der Waals surface area (Å²) in [6, 6.07) is 24.0. The van der Waals surface area contributed by atoms with Crippen LogP contribution in [-0.2, 0) is 7.05 Å². The lowest BCUT2D eigenvalue weighted by Crippen LogP contribution is -2.34. The summed E-state index contributed by atoms with van der Waals surface area (Å²) in [7, 11) is 3.41. The van der Waals surface area contributed by atoms with Crippen molar-refractivity contribution in [2.45, 2.75) is 0 Å². The molecule has 0 fully saturated rings. The quantitative estimate of drug-likeness (QED) is 0.341. The maximum atomic E-state index is 14.1. The molecule has 0 aliphatic heterocycles. The molecule has 0 spiro atoms. The molecule has 5 aromatic rings. The van der Waals surface area contributed by atoms with Gasteiger partial charge in [0.05, 0.1) is 12.8 Å². The zero-order chi connectivity index (χ0) is 24.5. The van der Waals surface area contributed by atoms with Crippen molar-refractivity contribution in [1.29, 1.82) is 0 Å². The highest BCUT2D eigenvalue weighted by molar-refractivity contribution is 6.20. The molecule has 0 N–H and O–H groups in total. The molecule has 7 heteroatoms. The number of nitrogens with zero attached hydrogens (tertiary/aromatic N) is 4. The number of ether oxygens (including phenoxy) is 1. The molecule has 0 bridgehead atoms. The number of fused-ring (bicyclic) bond motifs is 3. The second-order valence-corrected chi connectivity index (χ2v) is 8.10. The van der Waals surface area contributed by atoms with Crippen LogP contribution < -0.4 is 15.2 Å². The highest BCUT2D eigenvalue weighted by atomic mass is 16.5. The third kappa shape index (κ3) is 3.67. The van der Waals surface area contributed by atoms with Gasteiger partial charge in [-0.15, -0.1) is 6.58 Å². The predicted molar refractivity (Wildman–Crippen MR) is 139 cm³/mol. The SMILES string of the molecule is C=CCN(C(=O)c1nn(-c2ccc(OC)cc2)c(=O)c2c1c1ccccc1n2C)c1ccccc1. The van der Waals surface area contributed by atoms with E-state index in [-0.39, 0.29) is 17.2 Å². The van der Waals surface area contributed by atoms with E-state index in [9.17, 15) is 9.59 Å². The van der Waals surface area contributed by atoms with Crippen LogP contribution in [0.4, 0.5) is 5.69 Å². The van der Waals surface area contributed by atoms with Gasteiger partial charge in [0.1, 0.15) is 11.3 Å². The number of aryl methyl sites for hydroxylation is 1. The van der Waals surface area contributed by atoms with Crippen LogP contribution in [-0.4, -0.2) is 33.9 Å². The second-order valence-electron chi connectivity index (χ2n) is 8.10. The van der Waals surface area contributed by atoms with E-state index < -0.39 is 0 Å². The van der Waals surface area contributed by atoms with Crippen molar-refractivity contribution in [3.05, 3.63) is 108 Å². The lowest BCUT2D eigenvalue weighted by atomic mass is 10.1. The maximum absolute atomic E-state index is 14.1. The molecule has 0 radical (unpaired) electrons.